The fourth-order valence-electron chi connectivity index (χ4n) is 1.36. The highest BCUT2D eigenvalue weighted by Gasteiger charge is 2.31. The normalized spacial score (nSPS) is 13.1. The molecule has 8 heteroatoms. The fraction of sp³-hybridized carbons (Fsp3) is 0.400. The molecule has 0 saturated heterocycles. The summed E-state index contributed by atoms with van der Waals surface area (Å²) in [7, 11) is 0. The molecule has 0 amide bonds. The Bertz CT molecular complexity index is 406. The molecule has 0 aliphatic rings. The quantitative estimate of drug-likeness (QED) is 0.632. The Morgan fingerprint density at radius 3 is 2.28 bits per heavy atom. The predicted octanol–water partition coefficient (Wildman–Crippen LogP) is 2.32. The standard InChI is InChI=1S/C10H11F3N2O3/c11-10(12,13)5-8(6-16)14-7-1-3-9(4-2-7)15(17)18/h1-4,8,14,16H,5-6H2. The molecule has 0 radical (unpaired) electrons. The lowest BCUT2D eigenvalue weighted by molar-refractivity contribution is -0.384. The molecule has 1 aromatic rings. The number of alkyl halides is 3. The highest BCUT2D eigenvalue weighted by atomic mass is 19.4. The number of nitro groups is 1. The maximum atomic E-state index is 12.1. The van der Waals surface area contributed by atoms with Crippen LogP contribution >= 0.6 is 0 Å². The van der Waals surface area contributed by atoms with Crippen molar-refractivity contribution in [2.75, 3.05) is 11.9 Å². The van der Waals surface area contributed by atoms with Gasteiger partial charge in [0.05, 0.1) is 24.0 Å². The van der Waals surface area contributed by atoms with Crippen LogP contribution in [0, 0.1) is 10.1 Å². The Labute approximate surface area is 100 Å². The van der Waals surface area contributed by atoms with Gasteiger partial charge in [0.15, 0.2) is 0 Å². The van der Waals surface area contributed by atoms with Gasteiger partial charge < -0.3 is 10.4 Å². The first-order valence-corrected chi connectivity index (χ1v) is 5.00. The van der Waals surface area contributed by atoms with Gasteiger partial charge in [-0.25, -0.2) is 0 Å². The molecule has 0 saturated carbocycles. The first-order valence-electron chi connectivity index (χ1n) is 5.00. The van der Waals surface area contributed by atoms with Crippen molar-refractivity contribution in [1.82, 2.24) is 0 Å². The van der Waals surface area contributed by atoms with E-state index in [1.165, 1.54) is 24.3 Å². The van der Waals surface area contributed by atoms with Crippen LogP contribution in [-0.2, 0) is 0 Å². The first-order chi connectivity index (χ1) is 8.31. The van der Waals surface area contributed by atoms with E-state index in [1.54, 1.807) is 0 Å². The van der Waals surface area contributed by atoms with Gasteiger partial charge in [-0.3, -0.25) is 10.1 Å². The second kappa shape index (κ2) is 5.67. The summed E-state index contributed by atoms with van der Waals surface area (Å²) in [5.74, 6) is 0. The molecule has 0 bridgehead atoms. The number of aliphatic hydroxyl groups is 1. The van der Waals surface area contributed by atoms with Gasteiger partial charge in [-0.1, -0.05) is 0 Å². The second-order valence-corrected chi connectivity index (χ2v) is 3.65. The number of nitrogens with zero attached hydrogens (tertiary/aromatic N) is 1. The van der Waals surface area contributed by atoms with Crippen LogP contribution in [0.4, 0.5) is 24.5 Å². The van der Waals surface area contributed by atoms with Gasteiger partial charge >= 0.3 is 6.18 Å². The number of halogens is 3. The summed E-state index contributed by atoms with van der Waals surface area (Å²) in [4.78, 5) is 9.77. The second-order valence-electron chi connectivity index (χ2n) is 3.65. The van der Waals surface area contributed by atoms with E-state index >= 15 is 0 Å². The Morgan fingerprint density at radius 1 is 1.33 bits per heavy atom. The van der Waals surface area contributed by atoms with Gasteiger partial charge in [0, 0.05) is 17.8 Å². The van der Waals surface area contributed by atoms with Crippen LogP contribution in [0.3, 0.4) is 0 Å². The van der Waals surface area contributed by atoms with Gasteiger partial charge in [0.2, 0.25) is 0 Å². The Balaban J connectivity index is 2.67. The number of hydrogen-bond acceptors (Lipinski definition) is 4. The molecule has 1 aromatic carbocycles. The molecule has 18 heavy (non-hydrogen) atoms. The maximum absolute atomic E-state index is 12.1. The van der Waals surface area contributed by atoms with E-state index < -0.39 is 30.2 Å². The average Bonchev–Trinajstić information content (AvgIpc) is 2.27. The van der Waals surface area contributed by atoms with Gasteiger partial charge in [-0.05, 0) is 12.1 Å². The molecular weight excluding hydrogens is 253 g/mol. The maximum Gasteiger partial charge on any atom is 0.391 e. The number of hydrogen-bond donors (Lipinski definition) is 2. The third kappa shape index (κ3) is 4.58. The molecule has 0 aromatic heterocycles. The van der Waals surface area contributed by atoms with Crippen molar-refractivity contribution in [2.24, 2.45) is 0 Å². The third-order valence-corrected chi connectivity index (χ3v) is 2.15. The van der Waals surface area contributed by atoms with Crippen LogP contribution in [0.5, 0.6) is 0 Å². The molecule has 0 aliphatic heterocycles. The van der Waals surface area contributed by atoms with E-state index in [0.29, 0.717) is 0 Å². The number of nitro benzene ring substituents is 1. The lowest BCUT2D eigenvalue weighted by Gasteiger charge is -2.18. The van der Waals surface area contributed by atoms with Crippen LogP contribution in [0.15, 0.2) is 24.3 Å². The summed E-state index contributed by atoms with van der Waals surface area (Å²) in [6, 6.07) is 3.75. The van der Waals surface area contributed by atoms with Crippen molar-refractivity contribution in [3.8, 4) is 0 Å². The largest absolute Gasteiger partial charge is 0.394 e. The summed E-state index contributed by atoms with van der Waals surface area (Å²) in [6.07, 6.45) is -5.57. The summed E-state index contributed by atoms with van der Waals surface area (Å²) in [6.45, 7) is -0.684. The van der Waals surface area contributed by atoms with E-state index in [-0.39, 0.29) is 11.4 Å². The van der Waals surface area contributed by atoms with E-state index in [9.17, 15) is 23.3 Å². The highest BCUT2D eigenvalue weighted by molar-refractivity contribution is 5.49. The zero-order valence-corrected chi connectivity index (χ0v) is 9.15. The van der Waals surface area contributed by atoms with E-state index in [2.05, 4.69) is 5.32 Å². The van der Waals surface area contributed by atoms with E-state index in [0.717, 1.165) is 0 Å². The summed E-state index contributed by atoms with van der Waals surface area (Å²) < 4.78 is 36.4. The molecule has 100 valence electrons. The van der Waals surface area contributed by atoms with Gasteiger partial charge in [-0.15, -0.1) is 0 Å². The number of non-ortho nitro benzene ring substituents is 1. The van der Waals surface area contributed by atoms with Gasteiger partial charge in [-0.2, -0.15) is 13.2 Å². The predicted molar refractivity (Wildman–Crippen MR) is 58.3 cm³/mol. The van der Waals surface area contributed by atoms with Crippen LogP contribution in [0.25, 0.3) is 0 Å². The molecule has 2 N–H and O–H groups in total. The third-order valence-electron chi connectivity index (χ3n) is 2.15. The van der Waals surface area contributed by atoms with Crippen LogP contribution < -0.4 is 5.32 Å². The van der Waals surface area contributed by atoms with E-state index in [1.807, 2.05) is 0 Å². The first kappa shape index (κ1) is 14.2. The van der Waals surface area contributed by atoms with Gasteiger partial charge in [0.1, 0.15) is 0 Å². The molecule has 1 rings (SSSR count). The van der Waals surface area contributed by atoms with Crippen molar-refractivity contribution in [1.29, 1.82) is 0 Å². The van der Waals surface area contributed by atoms with Crippen molar-refractivity contribution in [3.63, 3.8) is 0 Å². The fourth-order valence-corrected chi connectivity index (χ4v) is 1.36. The molecule has 0 spiro atoms. The van der Waals surface area contributed by atoms with Crippen LogP contribution in [0.1, 0.15) is 6.42 Å². The lowest BCUT2D eigenvalue weighted by atomic mass is 10.2. The zero-order chi connectivity index (χ0) is 13.8. The Morgan fingerprint density at radius 2 is 1.89 bits per heavy atom. The smallest absolute Gasteiger partial charge is 0.391 e. The number of aliphatic hydroxyl groups excluding tert-OH is 1. The Hall–Kier alpha value is -1.83. The minimum Gasteiger partial charge on any atom is -0.394 e. The SMILES string of the molecule is O=[N+]([O-])c1ccc(NC(CO)CC(F)(F)F)cc1. The average molecular weight is 264 g/mol. The molecule has 1 atom stereocenters. The lowest BCUT2D eigenvalue weighted by Crippen LogP contribution is -2.30. The summed E-state index contributed by atoms with van der Waals surface area (Å²) in [5.41, 5.74) is 0.126. The summed E-state index contributed by atoms with van der Waals surface area (Å²) >= 11 is 0. The molecular formula is C10H11F3N2O3. The highest BCUT2D eigenvalue weighted by Crippen LogP contribution is 2.24. The Kier molecular flexibility index (Phi) is 4.49. The zero-order valence-electron chi connectivity index (χ0n) is 9.15. The van der Waals surface area contributed by atoms with Gasteiger partial charge in [0.25, 0.3) is 5.69 Å². The van der Waals surface area contributed by atoms with Crippen molar-refractivity contribution in [2.45, 2.75) is 18.6 Å². The van der Waals surface area contributed by atoms with Crippen molar-refractivity contribution < 1.29 is 23.2 Å². The van der Waals surface area contributed by atoms with E-state index in [4.69, 9.17) is 5.11 Å². The molecule has 5 nitrogen and oxygen atoms in total. The molecule has 0 heterocycles. The number of anilines is 1. The molecule has 1 unspecified atom stereocenters. The topological polar surface area (TPSA) is 75.4 Å². The minimum absolute atomic E-state index is 0.156. The number of benzene rings is 1. The van der Waals surface area contributed by atoms with Crippen LogP contribution in [-0.4, -0.2) is 28.9 Å². The van der Waals surface area contributed by atoms with Crippen LogP contribution in [0.2, 0.25) is 0 Å². The van der Waals surface area contributed by atoms with Crippen molar-refractivity contribution >= 4 is 11.4 Å². The molecule has 0 aliphatic carbocycles. The number of nitrogens with one attached hydrogen (secondary N) is 1. The van der Waals surface area contributed by atoms with Crippen molar-refractivity contribution in [3.05, 3.63) is 34.4 Å². The molecule has 0 fully saturated rings. The summed E-state index contributed by atoms with van der Waals surface area (Å²) in [5, 5.41) is 21.7. The minimum atomic E-state index is -4.39. The monoisotopic (exact) mass is 264 g/mol. The number of rotatable bonds is 5.